The van der Waals surface area contributed by atoms with Gasteiger partial charge in [-0.15, -0.1) is 0 Å². The molecule has 1 aliphatic carbocycles. The molecule has 164 valence electrons. The zero-order valence-electron chi connectivity index (χ0n) is 17.6. The van der Waals surface area contributed by atoms with Crippen molar-refractivity contribution in [1.29, 1.82) is 0 Å². The number of alkyl halides is 3. The lowest BCUT2D eigenvalue weighted by Gasteiger charge is -2.16. The summed E-state index contributed by atoms with van der Waals surface area (Å²) in [5, 5.41) is 2.55. The number of benzene rings is 2. The molecule has 3 rings (SSSR count). The molecule has 31 heavy (non-hydrogen) atoms. The standard InChI is InChI=1S/C24H24F3NO3/c1-13-7-14(2)21(15(3)8-13)22-19(29)10-17(23(22)31)11-20(30)28-12-16-5-4-6-18(9-16)24(25,26)27/h4-9,17,22H,10-12H2,1-3H3,(H,28,30). The van der Waals surface area contributed by atoms with Gasteiger partial charge in [0.15, 0.2) is 5.78 Å². The molecular formula is C24H24F3NO3. The van der Waals surface area contributed by atoms with Crippen LogP contribution in [-0.2, 0) is 27.1 Å². The van der Waals surface area contributed by atoms with Crippen LogP contribution in [0.3, 0.4) is 0 Å². The number of carbonyl (C=O) groups excluding carboxylic acids is 3. The van der Waals surface area contributed by atoms with E-state index in [-0.39, 0.29) is 31.0 Å². The first kappa shape index (κ1) is 22.7. The van der Waals surface area contributed by atoms with Gasteiger partial charge in [0.25, 0.3) is 0 Å². The van der Waals surface area contributed by atoms with E-state index in [1.165, 1.54) is 12.1 Å². The van der Waals surface area contributed by atoms with E-state index in [9.17, 15) is 27.6 Å². The summed E-state index contributed by atoms with van der Waals surface area (Å²) in [7, 11) is 0. The molecule has 1 aliphatic rings. The Morgan fingerprint density at radius 2 is 1.71 bits per heavy atom. The second kappa shape index (κ2) is 8.65. The van der Waals surface area contributed by atoms with Gasteiger partial charge in [-0.05, 0) is 55.2 Å². The predicted molar refractivity (Wildman–Crippen MR) is 109 cm³/mol. The van der Waals surface area contributed by atoms with Gasteiger partial charge in [0.05, 0.1) is 5.56 Å². The van der Waals surface area contributed by atoms with E-state index in [4.69, 9.17) is 0 Å². The van der Waals surface area contributed by atoms with Gasteiger partial charge in [-0.1, -0.05) is 29.8 Å². The summed E-state index contributed by atoms with van der Waals surface area (Å²) in [6.45, 7) is 5.59. The molecule has 1 fully saturated rings. The Kier molecular flexibility index (Phi) is 6.34. The fourth-order valence-corrected chi connectivity index (χ4v) is 4.33. The maximum Gasteiger partial charge on any atom is 0.416 e. The third-order valence-corrected chi connectivity index (χ3v) is 5.66. The van der Waals surface area contributed by atoms with E-state index >= 15 is 0 Å². The van der Waals surface area contributed by atoms with Gasteiger partial charge in [-0.3, -0.25) is 14.4 Å². The van der Waals surface area contributed by atoms with Crippen LogP contribution in [0.1, 0.15) is 52.1 Å². The number of Topliss-reactive ketones (excluding diaryl/α,β-unsaturated/α-hetero) is 2. The number of nitrogens with one attached hydrogen (secondary N) is 1. The molecule has 7 heteroatoms. The highest BCUT2D eigenvalue weighted by Gasteiger charge is 2.43. The molecule has 0 bridgehead atoms. The highest BCUT2D eigenvalue weighted by Crippen LogP contribution is 2.37. The minimum atomic E-state index is -4.46. The van der Waals surface area contributed by atoms with Crippen molar-refractivity contribution in [3.05, 3.63) is 69.8 Å². The molecule has 0 aromatic heterocycles. The second-order valence-corrected chi connectivity index (χ2v) is 8.19. The Morgan fingerprint density at radius 3 is 2.32 bits per heavy atom. The number of aryl methyl sites for hydroxylation is 3. The Bertz CT molecular complexity index is 1020. The number of halogens is 3. The average molecular weight is 431 g/mol. The van der Waals surface area contributed by atoms with Crippen LogP contribution < -0.4 is 5.32 Å². The molecule has 2 aromatic carbocycles. The van der Waals surface area contributed by atoms with Crippen molar-refractivity contribution in [2.24, 2.45) is 5.92 Å². The van der Waals surface area contributed by atoms with Gasteiger partial charge >= 0.3 is 6.18 Å². The molecule has 2 unspecified atom stereocenters. The predicted octanol–water partition coefficient (Wildman–Crippen LogP) is 4.58. The lowest BCUT2D eigenvalue weighted by Crippen LogP contribution is -2.27. The molecule has 1 saturated carbocycles. The first-order valence-electron chi connectivity index (χ1n) is 10.0. The van der Waals surface area contributed by atoms with Gasteiger partial charge in [-0.25, -0.2) is 0 Å². The zero-order valence-corrected chi connectivity index (χ0v) is 17.6. The Balaban J connectivity index is 1.66. The second-order valence-electron chi connectivity index (χ2n) is 8.19. The average Bonchev–Trinajstić information content (AvgIpc) is 2.93. The quantitative estimate of drug-likeness (QED) is 0.705. The van der Waals surface area contributed by atoms with E-state index in [2.05, 4.69) is 5.32 Å². The van der Waals surface area contributed by atoms with Crippen LogP contribution in [0.5, 0.6) is 0 Å². The number of ketones is 2. The first-order valence-corrected chi connectivity index (χ1v) is 10.0. The van der Waals surface area contributed by atoms with Crippen LogP contribution >= 0.6 is 0 Å². The molecular weight excluding hydrogens is 407 g/mol. The Hall–Kier alpha value is -2.96. The maximum atomic E-state index is 12.9. The molecule has 1 N–H and O–H groups in total. The highest BCUT2D eigenvalue weighted by molar-refractivity contribution is 6.15. The van der Waals surface area contributed by atoms with Crippen LogP contribution in [0.2, 0.25) is 0 Å². The third kappa shape index (κ3) is 5.03. The maximum absolute atomic E-state index is 12.9. The van der Waals surface area contributed by atoms with Crippen molar-refractivity contribution in [3.8, 4) is 0 Å². The summed E-state index contributed by atoms with van der Waals surface area (Å²) in [6, 6.07) is 8.56. The van der Waals surface area contributed by atoms with E-state index in [1.807, 2.05) is 32.9 Å². The van der Waals surface area contributed by atoms with E-state index in [0.717, 1.165) is 28.8 Å². The highest BCUT2D eigenvalue weighted by atomic mass is 19.4. The minimum absolute atomic E-state index is 0.00671. The lowest BCUT2D eigenvalue weighted by molar-refractivity contribution is -0.137. The van der Waals surface area contributed by atoms with E-state index < -0.39 is 29.5 Å². The third-order valence-electron chi connectivity index (χ3n) is 5.66. The molecule has 0 saturated heterocycles. The number of rotatable bonds is 5. The molecule has 0 radical (unpaired) electrons. The molecule has 1 amide bonds. The van der Waals surface area contributed by atoms with E-state index in [1.54, 1.807) is 0 Å². The summed E-state index contributed by atoms with van der Waals surface area (Å²) in [4.78, 5) is 37.9. The summed E-state index contributed by atoms with van der Waals surface area (Å²) in [5.74, 6) is -2.52. The SMILES string of the molecule is Cc1cc(C)c(C2C(=O)CC(CC(=O)NCc3cccc(C(F)(F)F)c3)C2=O)c(C)c1. The van der Waals surface area contributed by atoms with Crippen molar-refractivity contribution in [2.75, 3.05) is 0 Å². The minimum Gasteiger partial charge on any atom is -0.352 e. The topological polar surface area (TPSA) is 63.2 Å². The molecule has 2 aromatic rings. The smallest absolute Gasteiger partial charge is 0.352 e. The lowest BCUT2D eigenvalue weighted by atomic mass is 9.86. The molecule has 0 heterocycles. The van der Waals surface area contributed by atoms with Crippen molar-refractivity contribution < 1.29 is 27.6 Å². The number of hydrogen-bond donors (Lipinski definition) is 1. The number of amides is 1. The van der Waals surface area contributed by atoms with Crippen LogP contribution in [0.25, 0.3) is 0 Å². The monoisotopic (exact) mass is 431 g/mol. The molecule has 0 aliphatic heterocycles. The Labute approximate surface area is 178 Å². The molecule has 4 nitrogen and oxygen atoms in total. The van der Waals surface area contributed by atoms with Crippen LogP contribution in [-0.4, -0.2) is 17.5 Å². The van der Waals surface area contributed by atoms with Gasteiger partial charge in [0.2, 0.25) is 5.91 Å². The van der Waals surface area contributed by atoms with Gasteiger partial charge in [-0.2, -0.15) is 13.2 Å². The fraction of sp³-hybridized carbons (Fsp3) is 0.375. The van der Waals surface area contributed by atoms with Gasteiger partial charge in [0, 0.05) is 25.3 Å². The normalized spacial score (nSPS) is 19.0. The van der Waals surface area contributed by atoms with Crippen LogP contribution in [0.15, 0.2) is 36.4 Å². The van der Waals surface area contributed by atoms with Crippen LogP contribution in [0.4, 0.5) is 13.2 Å². The van der Waals surface area contributed by atoms with Crippen molar-refractivity contribution in [2.45, 2.75) is 52.3 Å². The van der Waals surface area contributed by atoms with Gasteiger partial charge in [0.1, 0.15) is 11.7 Å². The molecule has 2 atom stereocenters. The first-order chi connectivity index (χ1) is 14.5. The van der Waals surface area contributed by atoms with Crippen molar-refractivity contribution in [1.82, 2.24) is 5.32 Å². The summed E-state index contributed by atoms with van der Waals surface area (Å²) < 4.78 is 38.4. The largest absolute Gasteiger partial charge is 0.416 e. The molecule has 0 spiro atoms. The van der Waals surface area contributed by atoms with E-state index in [0.29, 0.717) is 11.1 Å². The zero-order chi connectivity index (χ0) is 22.9. The number of carbonyl (C=O) groups is 3. The fourth-order valence-electron chi connectivity index (χ4n) is 4.33. The van der Waals surface area contributed by atoms with Crippen molar-refractivity contribution >= 4 is 17.5 Å². The number of hydrogen-bond acceptors (Lipinski definition) is 3. The van der Waals surface area contributed by atoms with Crippen LogP contribution in [0, 0.1) is 26.7 Å². The summed E-state index contributed by atoms with van der Waals surface area (Å²) >= 11 is 0. The Morgan fingerprint density at radius 1 is 1.06 bits per heavy atom. The summed E-state index contributed by atoms with van der Waals surface area (Å²) in [6.07, 6.45) is -4.63. The van der Waals surface area contributed by atoms with Crippen molar-refractivity contribution in [3.63, 3.8) is 0 Å². The van der Waals surface area contributed by atoms with Gasteiger partial charge < -0.3 is 5.32 Å². The summed E-state index contributed by atoms with van der Waals surface area (Å²) in [5.41, 5.74) is 3.02.